The molecule has 0 fully saturated rings. The van der Waals surface area contributed by atoms with E-state index < -0.39 is 11.6 Å². The predicted octanol–water partition coefficient (Wildman–Crippen LogP) is 6.26. The first-order valence-corrected chi connectivity index (χ1v) is 13.7. The van der Waals surface area contributed by atoms with Crippen LogP contribution in [0.2, 0.25) is 0 Å². The average Bonchev–Trinajstić information content (AvgIpc) is 3.57. The van der Waals surface area contributed by atoms with Gasteiger partial charge in [0, 0.05) is 17.6 Å². The normalized spacial score (nSPS) is 13.3. The zero-order chi connectivity index (χ0) is 28.7. The number of aryl methyl sites for hydroxylation is 1. The molecule has 0 aliphatic heterocycles. The van der Waals surface area contributed by atoms with E-state index in [9.17, 15) is 4.79 Å². The average molecular weight is 539 g/mol. The van der Waals surface area contributed by atoms with Crippen molar-refractivity contribution in [2.75, 3.05) is 0 Å². The third kappa shape index (κ3) is 5.77. The number of tetrazole rings is 1. The largest absolute Gasteiger partial charge is 0.468 e. The Hall–Kier alpha value is -4.04. The molecule has 5 rings (SSSR count). The second-order valence-corrected chi connectivity index (χ2v) is 12.6. The number of rotatable bonds is 7. The maximum Gasteiger partial charge on any atom is 0.253 e. The topological polar surface area (TPSA) is 92.8 Å². The minimum absolute atomic E-state index is 0.0560. The van der Waals surface area contributed by atoms with Gasteiger partial charge in [-0.15, -0.1) is 5.10 Å². The lowest BCUT2D eigenvalue weighted by molar-refractivity contribution is 0.171. The number of nitrogens with one attached hydrogen (secondary N) is 1. The molecule has 0 saturated carbocycles. The summed E-state index contributed by atoms with van der Waals surface area (Å²) in [4.78, 5) is 19.1. The third-order valence-electron chi connectivity index (χ3n) is 7.21. The van der Waals surface area contributed by atoms with Crippen LogP contribution in [0.3, 0.4) is 0 Å². The Kier molecular flexibility index (Phi) is 7.23. The van der Waals surface area contributed by atoms with Gasteiger partial charge < -0.3 is 9.40 Å². The predicted molar refractivity (Wildman–Crippen MR) is 157 cm³/mol. The van der Waals surface area contributed by atoms with Crippen LogP contribution in [0.25, 0.3) is 10.9 Å². The zero-order valence-electron chi connectivity index (χ0n) is 24.4. The minimum Gasteiger partial charge on any atom is -0.468 e. The number of nitrogens with zero attached hydrogens (tertiary/aromatic N) is 5. The van der Waals surface area contributed by atoms with Crippen LogP contribution in [0.5, 0.6) is 0 Å². The molecule has 8 nitrogen and oxygen atoms in total. The molecule has 0 saturated heterocycles. The Bertz CT molecular complexity index is 1650. The Labute approximate surface area is 235 Å². The summed E-state index contributed by atoms with van der Waals surface area (Å²) in [6.07, 6.45) is 1.67. The van der Waals surface area contributed by atoms with Gasteiger partial charge in [-0.1, -0.05) is 57.2 Å². The van der Waals surface area contributed by atoms with Gasteiger partial charge in [-0.25, -0.2) is 4.68 Å². The standard InChI is InChI=1S/C32H38N6O2/c1-21-10-13-23-18-26(30(39)33-27(23)17-21)28(29-34-35-36-38(29)32(5,6)7)37(20-25-9-8-16-40-25)19-22-11-14-24(15-12-22)31(2,3)4/h8-18,28H,19-20H2,1-7H3,(H,33,39)/t28-/m1/s1. The quantitative estimate of drug-likeness (QED) is 0.263. The van der Waals surface area contributed by atoms with Crippen LogP contribution in [0.1, 0.15) is 81.4 Å². The van der Waals surface area contributed by atoms with E-state index in [1.807, 2.05) is 41.9 Å². The molecular weight excluding hydrogens is 500 g/mol. The number of aromatic amines is 1. The molecule has 1 N–H and O–H groups in total. The lowest BCUT2D eigenvalue weighted by Crippen LogP contribution is -2.37. The van der Waals surface area contributed by atoms with Crippen molar-refractivity contribution < 1.29 is 4.42 Å². The van der Waals surface area contributed by atoms with E-state index in [1.165, 1.54) is 5.56 Å². The van der Waals surface area contributed by atoms with Crippen molar-refractivity contribution >= 4 is 10.9 Å². The summed E-state index contributed by atoms with van der Waals surface area (Å²) in [5, 5.41) is 13.9. The summed E-state index contributed by atoms with van der Waals surface area (Å²) in [7, 11) is 0. The first kappa shape index (κ1) is 27.5. The molecular formula is C32H38N6O2. The molecule has 3 aromatic heterocycles. The van der Waals surface area contributed by atoms with Crippen molar-refractivity contribution in [2.45, 2.75) is 78.6 Å². The van der Waals surface area contributed by atoms with Gasteiger partial charge in [0.1, 0.15) is 11.8 Å². The van der Waals surface area contributed by atoms with Crippen molar-refractivity contribution in [3.63, 3.8) is 0 Å². The summed E-state index contributed by atoms with van der Waals surface area (Å²) in [6, 6.07) is 20.0. The molecule has 40 heavy (non-hydrogen) atoms. The summed E-state index contributed by atoms with van der Waals surface area (Å²) in [5.41, 5.74) is 4.34. The third-order valence-corrected chi connectivity index (χ3v) is 7.21. The molecule has 2 aromatic carbocycles. The molecule has 208 valence electrons. The van der Waals surface area contributed by atoms with E-state index in [-0.39, 0.29) is 11.0 Å². The highest BCUT2D eigenvalue weighted by molar-refractivity contribution is 5.79. The van der Waals surface area contributed by atoms with Crippen molar-refractivity contribution in [1.29, 1.82) is 0 Å². The molecule has 8 heteroatoms. The summed E-state index contributed by atoms with van der Waals surface area (Å²) in [6.45, 7) is 15.8. The van der Waals surface area contributed by atoms with E-state index >= 15 is 0 Å². The SMILES string of the molecule is Cc1ccc2cc([C@H](c3nnnn3C(C)(C)C)N(Cc3ccc(C(C)(C)C)cc3)Cc3ccco3)c(=O)[nH]c2c1. The van der Waals surface area contributed by atoms with Gasteiger partial charge >= 0.3 is 0 Å². The number of hydrogen-bond donors (Lipinski definition) is 1. The van der Waals surface area contributed by atoms with Crippen molar-refractivity contribution in [2.24, 2.45) is 0 Å². The van der Waals surface area contributed by atoms with E-state index in [4.69, 9.17) is 4.42 Å². The molecule has 0 spiro atoms. The fourth-order valence-corrected chi connectivity index (χ4v) is 5.06. The molecule has 0 bridgehead atoms. The number of aromatic nitrogens is 5. The van der Waals surface area contributed by atoms with Crippen molar-refractivity contribution in [1.82, 2.24) is 30.1 Å². The number of benzene rings is 2. The van der Waals surface area contributed by atoms with Crippen LogP contribution in [0.4, 0.5) is 0 Å². The van der Waals surface area contributed by atoms with Crippen LogP contribution in [-0.4, -0.2) is 30.1 Å². The van der Waals surface area contributed by atoms with E-state index in [2.05, 4.69) is 97.3 Å². The monoisotopic (exact) mass is 538 g/mol. The van der Waals surface area contributed by atoms with Gasteiger partial charge in [-0.2, -0.15) is 0 Å². The van der Waals surface area contributed by atoms with Crippen LogP contribution < -0.4 is 5.56 Å². The highest BCUT2D eigenvalue weighted by Crippen LogP contribution is 2.32. The summed E-state index contributed by atoms with van der Waals surface area (Å²) >= 11 is 0. The minimum atomic E-state index is -0.545. The van der Waals surface area contributed by atoms with Gasteiger partial charge in [0.2, 0.25) is 0 Å². The fourth-order valence-electron chi connectivity index (χ4n) is 5.06. The fraction of sp³-hybridized carbons (Fsp3) is 0.375. The van der Waals surface area contributed by atoms with Gasteiger partial charge in [0.05, 0.1) is 18.3 Å². The first-order chi connectivity index (χ1) is 18.9. The van der Waals surface area contributed by atoms with Crippen LogP contribution in [-0.2, 0) is 24.0 Å². The summed E-state index contributed by atoms with van der Waals surface area (Å²) < 4.78 is 7.61. The maximum atomic E-state index is 13.8. The maximum absolute atomic E-state index is 13.8. The summed E-state index contributed by atoms with van der Waals surface area (Å²) in [5.74, 6) is 1.39. The van der Waals surface area contributed by atoms with E-state index in [0.29, 0.717) is 24.5 Å². The zero-order valence-corrected chi connectivity index (χ0v) is 24.4. The van der Waals surface area contributed by atoms with E-state index in [1.54, 1.807) is 6.26 Å². The van der Waals surface area contributed by atoms with Gasteiger partial charge in [-0.05, 0) is 89.9 Å². The van der Waals surface area contributed by atoms with Crippen molar-refractivity contribution in [3.05, 3.63) is 111 Å². The molecule has 0 aliphatic rings. The number of hydrogen-bond acceptors (Lipinski definition) is 6. The van der Waals surface area contributed by atoms with E-state index in [0.717, 1.165) is 27.8 Å². The van der Waals surface area contributed by atoms with Gasteiger partial charge in [0.25, 0.3) is 5.56 Å². The molecule has 3 heterocycles. The molecule has 0 amide bonds. The van der Waals surface area contributed by atoms with Crippen LogP contribution in [0, 0.1) is 6.92 Å². The van der Waals surface area contributed by atoms with Gasteiger partial charge in [0.15, 0.2) is 5.82 Å². The molecule has 5 aromatic rings. The second kappa shape index (κ2) is 10.5. The molecule has 0 unspecified atom stereocenters. The lowest BCUT2D eigenvalue weighted by atomic mass is 9.86. The Morgan fingerprint density at radius 2 is 1.73 bits per heavy atom. The molecule has 1 atom stereocenters. The number of pyridine rings is 1. The molecule has 0 radical (unpaired) electrons. The first-order valence-electron chi connectivity index (χ1n) is 13.7. The number of H-pyrrole nitrogens is 1. The molecule has 0 aliphatic carbocycles. The smallest absolute Gasteiger partial charge is 0.253 e. The Morgan fingerprint density at radius 1 is 0.975 bits per heavy atom. The lowest BCUT2D eigenvalue weighted by Gasteiger charge is -2.32. The van der Waals surface area contributed by atoms with Gasteiger partial charge in [-0.3, -0.25) is 9.69 Å². The Morgan fingerprint density at radius 3 is 2.38 bits per heavy atom. The van der Waals surface area contributed by atoms with Crippen LogP contribution in [0.15, 0.2) is 76.1 Å². The second-order valence-electron chi connectivity index (χ2n) is 12.6. The number of furan rings is 1. The number of fused-ring (bicyclic) bond motifs is 1. The Balaban J connectivity index is 1.69. The highest BCUT2D eigenvalue weighted by atomic mass is 16.3. The van der Waals surface area contributed by atoms with Crippen LogP contribution >= 0.6 is 0 Å². The van der Waals surface area contributed by atoms with Crippen molar-refractivity contribution in [3.8, 4) is 0 Å². The highest BCUT2D eigenvalue weighted by Gasteiger charge is 2.34.